The zero-order chi connectivity index (χ0) is 14.9. The molecule has 1 saturated carbocycles. The molecule has 0 atom stereocenters. The Hall–Kier alpha value is -1.84. The van der Waals surface area contributed by atoms with Crippen LogP contribution in [-0.2, 0) is 12.1 Å². The lowest BCUT2D eigenvalue weighted by Gasteiger charge is -2.18. The third-order valence-electron chi connectivity index (χ3n) is 3.95. The van der Waals surface area contributed by atoms with Gasteiger partial charge in [-0.05, 0) is 48.2 Å². The standard InChI is InChI=1S/C17H17ClN2O/c18-15-7-5-14(6-8-15)17(9-10-17)20-16(21)13-3-1-12(11-19)2-4-13/h1-8H,9-11,19H2,(H,20,21). The van der Waals surface area contributed by atoms with Crippen molar-refractivity contribution < 1.29 is 4.79 Å². The Morgan fingerprint density at radius 3 is 2.24 bits per heavy atom. The van der Waals surface area contributed by atoms with Crippen molar-refractivity contribution in [3.8, 4) is 0 Å². The summed E-state index contributed by atoms with van der Waals surface area (Å²) in [5.74, 6) is -0.0500. The number of benzene rings is 2. The van der Waals surface area contributed by atoms with Crippen LogP contribution in [0.3, 0.4) is 0 Å². The molecule has 3 nitrogen and oxygen atoms in total. The van der Waals surface area contributed by atoms with Crippen LogP contribution in [0.25, 0.3) is 0 Å². The molecule has 0 saturated heterocycles. The molecule has 0 bridgehead atoms. The Morgan fingerprint density at radius 2 is 1.71 bits per heavy atom. The molecular weight excluding hydrogens is 284 g/mol. The van der Waals surface area contributed by atoms with E-state index in [4.69, 9.17) is 17.3 Å². The minimum absolute atomic E-state index is 0.0500. The molecule has 0 aliphatic heterocycles. The van der Waals surface area contributed by atoms with Gasteiger partial charge in [0.2, 0.25) is 0 Å². The third kappa shape index (κ3) is 2.94. The van der Waals surface area contributed by atoms with Crippen molar-refractivity contribution in [3.05, 3.63) is 70.2 Å². The molecule has 2 aromatic rings. The van der Waals surface area contributed by atoms with Crippen LogP contribution < -0.4 is 11.1 Å². The summed E-state index contributed by atoms with van der Waals surface area (Å²) in [6, 6.07) is 15.1. The van der Waals surface area contributed by atoms with E-state index in [0.29, 0.717) is 17.1 Å². The monoisotopic (exact) mass is 300 g/mol. The van der Waals surface area contributed by atoms with Gasteiger partial charge in [0.25, 0.3) is 5.91 Å². The Morgan fingerprint density at radius 1 is 1.10 bits per heavy atom. The van der Waals surface area contributed by atoms with Crippen molar-refractivity contribution in [2.45, 2.75) is 24.9 Å². The Labute approximate surface area is 129 Å². The number of hydrogen-bond donors (Lipinski definition) is 2. The quantitative estimate of drug-likeness (QED) is 0.911. The molecule has 1 aliphatic carbocycles. The van der Waals surface area contributed by atoms with Crippen LogP contribution in [0.5, 0.6) is 0 Å². The number of carbonyl (C=O) groups excluding carboxylic acids is 1. The van der Waals surface area contributed by atoms with Gasteiger partial charge in [0.05, 0.1) is 5.54 Å². The van der Waals surface area contributed by atoms with Crippen LogP contribution in [0.1, 0.15) is 34.3 Å². The van der Waals surface area contributed by atoms with Crippen LogP contribution in [0, 0.1) is 0 Å². The smallest absolute Gasteiger partial charge is 0.251 e. The number of hydrogen-bond acceptors (Lipinski definition) is 2. The normalized spacial score (nSPS) is 15.5. The lowest BCUT2D eigenvalue weighted by atomic mass is 10.0. The second-order valence-electron chi connectivity index (χ2n) is 5.44. The number of nitrogens with one attached hydrogen (secondary N) is 1. The Bertz CT molecular complexity index is 645. The summed E-state index contributed by atoms with van der Waals surface area (Å²) >= 11 is 5.91. The third-order valence-corrected chi connectivity index (χ3v) is 4.20. The van der Waals surface area contributed by atoms with Crippen LogP contribution in [-0.4, -0.2) is 5.91 Å². The number of halogens is 1. The fraction of sp³-hybridized carbons (Fsp3) is 0.235. The van der Waals surface area contributed by atoms with Gasteiger partial charge in [-0.25, -0.2) is 0 Å². The van der Waals surface area contributed by atoms with Crippen molar-refractivity contribution in [2.24, 2.45) is 5.73 Å². The number of amides is 1. The average molecular weight is 301 g/mol. The predicted octanol–water partition coefficient (Wildman–Crippen LogP) is 3.22. The summed E-state index contributed by atoms with van der Waals surface area (Å²) in [6.45, 7) is 0.483. The minimum atomic E-state index is -0.228. The molecule has 3 rings (SSSR count). The van der Waals surface area contributed by atoms with Crippen molar-refractivity contribution in [1.29, 1.82) is 0 Å². The molecule has 1 aliphatic rings. The van der Waals surface area contributed by atoms with E-state index in [1.807, 2.05) is 48.5 Å². The predicted molar refractivity (Wildman–Crippen MR) is 84.2 cm³/mol. The molecule has 0 heterocycles. The molecule has 3 N–H and O–H groups in total. The molecule has 1 fully saturated rings. The van der Waals surface area contributed by atoms with Crippen molar-refractivity contribution in [2.75, 3.05) is 0 Å². The highest BCUT2D eigenvalue weighted by Crippen LogP contribution is 2.45. The van der Waals surface area contributed by atoms with Gasteiger partial charge >= 0.3 is 0 Å². The van der Waals surface area contributed by atoms with Gasteiger partial charge in [0.1, 0.15) is 0 Å². The van der Waals surface area contributed by atoms with Crippen molar-refractivity contribution in [3.63, 3.8) is 0 Å². The van der Waals surface area contributed by atoms with Crippen molar-refractivity contribution >= 4 is 17.5 Å². The van der Waals surface area contributed by atoms with Gasteiger partial charge < -0.3 is 11.1 Å². The Kier molecular flexibility index (Phi) is 3.70. The van der Waals surface area contributed by atoms with Gasteiger partial charge in [-0.2, -0.15) is 0 Å². The lowest BCUT2D eigenvalue weighted by molar-refractivity contribution is 0.0931. The number of rotatable bonds is 4. The maximum absolute atomic E-state index is 12.4. The Balaban J connectivity index is 1.76. The summed E-state index contributed by atoms with van der Waals surface area (Å²) in [5, 5.41) is 3.85. The fourth-order valence-electron chi connectivity index (χ4n) is 2.46. The van der Waals surface area contributed by atoms with E-state index in [-0.39, 0.29) is 11.4 Å². The second-order valence-corrected chi connectivity index (χ2v) is 5.88. The highest BCUT2D eigenvalue weighted by atomic mass is 35.5. The second kappa shape index (κ2) is 5.51. The first kappa shape index (κ1) is 14.1. The van der Waals surface area contributed by atoms with Gasteiger partial charge in [0.15, 0.2) is 0 Å². The topological polar surface area (TPSA) is 55.1 Å². The van der Waals surface area contributed by atoms with Crippen LogP contribution in [0.2, 0.25) is 5.02 Å². The van der Waals surface area contributed by atoms with E-state index < -0.39 is 0 Å². The zero-order valence-corrected chi connectivity index (χ0v) is 12.4. The summed E-state index contributed by atoms with van der Waals surface area (Å²) in [5.41, 5.74) is 8.13. The number of carbonyl (C=O) groups is 1. The van der Waals surface area contributed by atoms with Gasteiger partial charge in [0, 0.05) is 17.1 Å². The fourth-order valence-corrected chi connectivity index (χ4v) is 2.59. The molecule has 108 valence electrons. The average Bonchev–Trinajstić information content (AvgIpc) is 3.28. The highest BCUT2D eigenvalue weighted by molar-refractivity contribution is 6.30. The summed E-state index contributed by atoms with van der Waals surface area (Å²) in [7, 11) is 0. The van der Waals surface area contributed by atoms with Crippen LogP contribution in [0.4, 0.5) is 0 Å². The molecule has 21 heavy (non-hydrogen) atoms. The van der Waals surface area contributed by atoms with E-state index in [2.05, 4.69) is 5.32 Å². The van der Waals surface area contributed by atoms with E-state index in [0.717, 1.165) is 24.0 Å². The summed E-state index contributed by atoms with van der Waals surface area (Å²) in [4.78, 5) is 12.4. The van der Waals surface area contributed by atoms with Crippen LogP contribution >= 0.6 is 11.6 Å². The molecule has 1 amide bonds. The first-order valence-electron chi connectivity index (χ1n) is 7.00. The first-order valence-corrected chi connectivity index (χ1v) is 7.38. The van der Waals surface area contributed by atoms with E-state index in [9.17, 15) is 4.79 Å². The van der Waals surface area contributed by atoms with Gasteiger partial charge in [-0.15, -0.1) is 0 Å². The SMILES string of the molecule is NCc1ccc(C(=O)NC2(c3ccc(Cl)cc3)CC2)cc1. The lowest BCUT2D eigenvalue weighted by Crippen LogP contribution is -2.34. The van der Waals surface area contributed by atoms with E-state index in [1.165, 1.54) is 0 Å². The largest absolute Gasteiger partial charge is 0.343 e. The van der Waals surface area contributed by atoms with Crippen molar-refractivity contribution in [1.82, 2.24) is 5.32 Å². The zero-order valence-electron chi connectivity index (χ0n) is 11.6. The minimum Gasteiger partial charge on any atom is -0.343 e. The number of nitrogens with two attached hydrogens (primary N) is 1. The molecular formula is C17H17ClN2O. The van der Waals surface area contributed by atoms with Gasteiger partial charge in [-0.3, -0.25) is 4.79 Å². The first-order chi connectivity index (χ1) is 10.1. The molecule has 0 unspecified atom stereocenters. The molecule has 0 spiro atoms. The highest BCUT2D eigenvalue weighted by Gasteiger charge is 2.45. The summed E-state index contributed by atoms with van der Waals surface area (Å²) < 4.78 is 0. The molecule has 4 heteroatoms. The molecule has 0 aromatic heterocycles. The molecule has 2 aromatic carbocycles. The molecule has 0 radical (unpaired) electrons. The van der Waals surface area contributed by atoms with Gasteiger partial charge in [-0.1, -0.05) is 35.9 Å². The summed E-state index contributed by atoms with van der Waals surface area (Å²) in [6.07, 6.45) is 1.92. The maximum atomic E-state index is 12.4. The van der Waals surface area contributed by atoms with E-state index in [1.54, 1.807) is 0 Å². The maximum Gasteiger partial charge on any atom is 0.251 e. The van der Waals surface area contributed by atoms with E-state index >= 15 is 0 Å². The van der Waals surface area contributed by atoms with Crippen LogP contribution in [0.15, 0.2) is 48.5 Å².